The van der Waals surface area contributed by atoms with Gasteiger partial charge in [-0.1, -0.05) is 18.2 Å². The number of hydrogen-bond acceptors (Lipinski definition) is 0. The second-order valence-corrected chi connectivity index (χ2v) is 10.7. The van der Waals surface area contributed by atoms with Crippen molar-refractivity contribution in [1.82, 2.24) is 0 Å². The maximum atomic E-state index is 3.50. The molecule has 48 valence electrons. The van der Waals surface area contributed by atoms with Crippen molar-refractivity contribution in [2.24, 2.45) is 0 Å². The Kier molecular flexibility index (Phi) is 3.17. The molecule has 0 heterocycles. The minimum Gasteiger partial charge on any atom is -0.0620 e. The number of hydrogen-bond donors (Lipinski definition) is 0. The molecule has 0 bridgehead atoms. The fourth-order valence-electron chi connectivity index (χ4n) is 0.564. The molecule has 0 aliphatic carbocycles. The highest BCUT2D eigenvalue weighted by Gasteiger charge is 2.08. The first kappa shape index (κ1) is 7.71. The quantitative estimate of drug-likeness (QED) is 0.687. The van der Waals surface area contributed by atoms with Crippen molar-refractivity contribution < 1.29 is 0 Å². The zero-order valence-electron chi connectivity index (χ0n) is 4.64. The second-order valence-electron chi connectivity index (χ2n) is 1.63. The van der Waals surface area contributed by atoms with E-state index in [1.54, 1.807) is 0 Å². The normalized spacial score (nSPS) is 10.1. The molecule has 0 amide bonds. The fourth-order valence-corrected chi connectivity index (χ4v) is 2.59. The maximum Gasteiger partial charge on any atom is 0.172 e. The number of rotatable bonds is 1. The van der Waals surface area contributed by atoms with Gasteiger partial charge in [0.15, 0.2) is 36.3 Å². The van der Waals surface area contributed by atoms with Gasteiger partial charge in [0.1, 0.15) is 5.30 Å². The second kappa shape index (κ2) is 3.70. The maximum absolute atomic E-state index is 3.50. The molecule has 9 heavy (non-hydrogen) atoms. The molecule has 0 fully saturated rings. The van der Waals surface area contributed by atoms with Gasteiger partial charge in [-0.15, -0.1) is 0 Å². The summed E-state index contributed by atoms with van der Waals surface area (Å²) in [5.41, 5.74) is 0. The summed E-state index contributed by atoms with van der Waals surface area (Å²) < 4.78 is 0. The van der Waals surface area contributed by atoms with Gasteiger partial charge >= 0.3 is 0 Å². The Balaban J connectivity index is 2.85. The van der Waals surface area contributed by atoms with E-state index < -0.39 is 5.33 Å². The van der Waals surface area contributed by atoms with Gasteiger partial charge in [-0.25, -0.2) is 0 Å². The van der Waals surface area contributed by atoms with Gasteiger partial charge in [-0.2, -0.15) is 0 Å². The average molecular weight is 269 g/mol. The van der Waals surface area contributed by atoms with Gasteiger partial charge in [-0.3, -0.25) is 0 Å². The van der Waals surface area contributed by atoms with Crippen LogP contribution in [0.2, 0.25) is 0 Å². The van der Waals surface area contributed by atoms with Crippen LogP contribution in [-0.4, -0.2) is 0 Å². The van der Waals surface area contributed by atoms with E-state index in [0.29, 0.717) is 0 Å². The van der Waals surface area contributed by atoms with E-state index in [4.69, 9.17) is 0 Å². The molecule has 0 atom stereocenters. The summed E-state index contributed by atoms with van der Waals surface area (Å²) in [5.74, 6) is 0. The average Bonchev–Trinajstić information content (AvgIpc) is 1.90. The molecule has 1 rings (SSSR count). The monoisotopic (exact) mass is 267 g/mol. The highest BCUT2D eigenvalue weighted by Crippen LogP contribution is 2.50. The fraction of sp³-hybridized carbons (Fsp3) is 0. The van der Waals surface area contributed by atoms with Gasteiger partial charge in [-0.05, 0) is 12.1 Å². The molecule has 0 radical (unpaired) electrons. The third kappa shape index (κ3) is 2.37. The first-order valence-corrected chi connectivity index (χ1v) is 8.55. The van der Waals surface area contributed by atoms with Crippen LogP contribution in [0.1, 0.15) is 0 Å². The van der Waals surface area contributed by atoms with Crippen molar-refractivity contribution in [3.8, 4) is 0 Å². The van der Waals surface area contributed by atoms with Crippen LogP contribution in [0.25, 0.3) is 0 Å². The van der Waals surface area contributed by atoms with Crippen molar-refractivity contribution in [2.45, 2.75) is 0 Å². The molecule has 0 saturated carbocycles. The topological polar surface area (TPSA) is 0 Å². The summed E-state index contributed by atoms with van der Waals surface area (Å²) >= 11 is 7.00. The highest BCUT2D eigenvalue weighted by atomic mass is 79.9. The van der Waals surface area contributed by atoms with E-state index >= 15 is 0 Å². The summed E-state index contributed by atoms with van der Waals surface area (Å²) in [6.07, 6.45) is 0. The van der Waals surface area contributed by atoms with Crippen molar-refractivity contribution in [3.63, 3.8) is 0 Å². The summed E-state index contributed by atoms with van der Waals surface area (Å²) in [6, 6.07) is 10.3. The molecule has 1 aromatic carbocycles. The van der Waals surface area contributed by atoms with Crippen molar-refractivity contribution in [3.05, 3.63) is 30.3 Å². The minimum atomic E-state index is -0.587. The van der Waals surface area contributed by atoms with Crippen LogP contribution in [0.5, 0.6) is 0 Å². The van der Waals surface area contributed by atoms with Crippen LogP contribution in [0.4, 0.5) is 0 Å². The van der Waals surface area contributed by atoms with Crippen molar-refractivity contribution >= 4 is 41.6 Å². The summed E-state index contributed by atoms with van der Waals surface area (Å²) in [5, 5.41) is 0.762. The van der Waals surface area contributed by atoms with E-state index in [0.717, 1.165) is 0 Å². The van der Waals surface area contributed by atoms with Gasteiger partial charge in [0.2, 0.25) is 0 Å². The lowest BCUT2D eigenvalue weighted by atomic mass is 10.4. The predicted octanol–water partition coefficient (Wildman–Crippen LogP) is 3.15. The van der Waals surface area contributed by atoms with E-state index in [-0.39, 0.29) is 0 Å². The molecule has 0 spiro atoms. The molecular formula is C6H6Br2P+. The van der Waals surface area contributed by atoms with Crippen molar-refractivity contribution in [1.29, 1.82) is 0 Å². The van der Waals surface area contributed by atoms with Crippen LogP contribution in [0.3, 0.4) is 0 Å². The first-order chi connectivity index (χ1) is 4.30. The van der Waals surface area contributed by atoms with E-state index in [9.17, 15) is 0 Å². The zero-order chi connectivity index (χ0) is 6.69. The Labute approximate surface area is 71.9 Å². The van der Waals surface area contributed by atoms with Gasteiger partial charge in [0.05, 0.1) is 0 Å². The largest absolute Gasteiger partial charge is 0.172 e. The van der Waals surface area contributed by atoms with Gasteiger partial charge in [0.25, 0.3) is 0 Å². The summed E-state index contributed by atoms with van der Waals surface area (Å²) in [7, 11) is 0. The molecule has 0 aromatic heterocycles. The third-order valence-electron chi connectivity index (χ3n) is 0.992. The Bertz CT molecular complexity index is 174. The molecular weight excluding hydrogens is 263 g/mol. The van der Waals surface area contributed by atoms with Crippen LogP contribution < -0.4 is 5.30 Å². The SMILES string of the molecule is Br[PH+](Br)c1ccccc1. The third-order valence-corrected chi connectivity index (χ3v) is 4.51. The molecule has 3 heteroatoms. The minimum absolute atomic E-state index is 0.587. The number of halogens is 2. The van der Waals surface area contributed by atoms with Crippen LogP contribution >= 0.6 is 36.3 Å². The Hall–Kier alpha value is 0.610. The first-order valence-electron chi connectivity index (χ1n) is 2.54. The standard InChI is InChI=1S/C6H5Br2P/c7-9(8)6-4-2-1-3-5-6/h1-5H/p+1. The summed E-state index contributed by atoms with van der Waals surface area (Å²) in [6.45, 7) is 0. The lowest BCUT2D eigenvalue weighted by molar-refractivity contribution is 1.78. The van der Waals surface area contributed by atoms with E-state index in [1.807, 2.05) is 18.2 Å². The molecule has 1 aromatic rings. The van der Waals surface area contributed by atoms with E-state index in [1.165, 1.54) is 5.30 Å². The Morgan fingerprint density at radius 2 is 1.56 bits per heavy atom. The molecule has 0 saturated heterocycles. The van der Waals surface area contributed by atoms with Crippen LogP contribution in [-0.2, 0) is 0 Å². The van der Waals surface area contributed by atoms with E-state index in [2.05, 4.69) is 43.1 Å². The molecule has 0 aliphatic rings. The lowest BCUT2D eigenvalue weighted by Gasteiger charge is -1.88. The summed E-state index contributed by atoms with van der Waals surface area (Å²) in [4.78, 5) is 0. The van der Waals surface area contributed by atoms with Crippen LogP contribution in [0.15, 0.2) is 30.3 Å². The van der Waals surface area contributed by atoms with Crippen molar-refractivity contribution in [2.75, 3.05) is 0 Å². The number of benzene rings is 1. The zero-order valence-corrected chi connectivity index (χ0v) is 8.81. The molecule has 0 N–H and O–H groups in total. The predicted molar refractivity (Wildman–Crippen MR) is 52.2 cm³/mol. The molecule has 0 nitrogen and oxygen atoms in total. The van der Waals surface area contributed by atoms with Crippen LogP contribution in [0, 0.1) is 0 Å². The van der Waals surface area contributed by atoms with Gasteiger partial charge in [0, 0.05) is 0 Å². The molecule has 0 unspecified atom stereocenters. The van der Waals surface area contributed by atoms with Gasteiger partial charge < -0.3 is 0 Å². The smallest absolute Gasteiger partial charge is 0.0620 e. The Morgan fingerprint density at radius 3 is 1.89 bits per heavy atom. The lowest BCUT2D eigenvalue weighted by Crippen LogP contribution is -1.89. The molecule has 0 aliphatic heterocycles. The highest BCUT2D eigenvalue weighted by molar-refractivity contribution is 9.70. The Morgan fingerprint density at radius 1 is 1.00 bits per heavy atom.